The standard InChI is InChI=1S/C17H19N5O3/c1-2-25-16(24)14-8-21(10-19-14)5-13-4-18-17(20-15(13)9-23)22-6-11-3-12(11)7-22/h4,8-12H,2-3,5-7H2,1H3. The minimum absolute atomic E-state index is 0.239. The fourth-order valence-electron chi connectivity index (χ4n) is 3.30. The number of ether oxygens (including phenoxy) is 1. The minimum atomic E-state index is -0.462. The molecule has 0 radical (unpaired) electrons. The van der Waals surface area contributed by atoms with Crippen LogP contribution >= 0.6 is 0 Å². The number of rotatable bonds is 6. The second-order valence-corrected chi connectivity index (χ2v) is 6.51. The van der Waals surface area contributed by atoms with Crippen LogP contribution in [-0.4, -0.2) is 51.5 Å². The Labute approximate surface area is 144 Å². The molecule has 0 spiro atoms. The number of carbonyl (C=O) groups is 2. The Kier molecular flexibility index (Phi) is 3.95. The lowest BCUT2D eigenvalue weighted by Crippen LogP contribution is -2.24. The van der Waals surface area contributed by atoms with Crippen LogP contribution in [0.15, 0.2) is 18.7 Å². The van der Waals surface area contributed by atoms with Crippen LogP contribution in [0.2, 0.25) is 0 Å². The largest absolute Gasteiger partial charge is 0.461 e. The van der Waals surface area contributed by atoms with Crippen molar-refractivity contribution in [1.29, 1.82) is 0 Å². The number of esters is 1. The van der Waals surface area contributed by atoms with Crippen molar-refractivity contribution in [3.8, 4) is 0 Å². The predicted octanol–water partition coefficient (Wildman–Crippen LogP) is 1.17. The van der Waals surface area contributed by atoms with Crippen LogP contribution < -0.4 is 4.90 Å². The van der Waals surface area contributed by atoms with E-state index in [1.165, 1.54) is 12.7 Å². The van der Waals surface area contributed by atoms with Gasteiger partial charge in [-0.05, 0) is 25.2 Å². The lowest BCUT2D eigenvalue weighted by Gasteiger charge is -2.18. The summed E-state index contributed by atoms with van der Waals surface area (Å²) in [4.78, 5) is 38.1. The van der Waals surface area contributed by atoms with Gasteiger partial charge < -0.3 is 14.2 Å². The van der Waals surface area contributed by atoms with E-state index in [1.54, 1.807) is 23.9 Å². The molecule has 1 aliphatic carbocycles. The predicted molar refractivity (Wildman–Crippen MR) is 88.5 cm³/mol. The summed E-state index contributed by atoms with van der Waals surface area (Å²) in [5.41, 5.74) is 1.30. The van der Waals surface area contributed by atoms with Crippen molar-refractivity contribution in [3.63, 3.8) is 0 Å². The van der Waals surface area contributed by atoms with Gasteiger partial charge in [0.05, 0.1) is 19.5 Å². The molecule has 2 aromatic rings. The Morgan fingerprint density at radius 2 is 2.16 bits per heavy atom. The summed E-state index contributed by atoms with van der Waals surface area (Å²) >= 11 is 0. The quantitative estimate of drug-likeness (QED) is 0.575. The zero-order valence-electron chi connectivity index (χ0n) is 14.0. The smallest absolute Gasteiger partial charge is 0.358 e. The Bertz CT molecular complexity index is 808. The zero-order chi connectivity index (χ0) is 17.4. The van der Waals surface area contributed by atoms with Crippen LogP contribution in [-0.2, 0) is 11.3 Å². The van der Waals surface area contributed by atoms with Crippen molar-refractivity contribution in [2.75, 3.05) is 24.6 Å². The summed E-state index contributed by atoms with van der Waals surface area (Å²) in [5.74, 6) is 1.71. The number of imidazole rings is 1. The van der Waals surface area contributed by atoms with E-state index >= 15 is 0 Å². The molecular formula is C17H19N5O3. The number of aldehydes is 1. The van der Waals surface area contributed by atoms with Gasteiger partial charge in [0, 0.05) is 31.0 Å². The molecule has 2 fully saturated rings. The first-order valence-electron chi connectivity index (χ1n) is 8.43. The summed E-state index contributed by atoms with van der Waals surface area (Å²) in [6.45, 7) is 4.37. The van der Waals surface area contributed by atoms with Crippen molar-refractivity contribution in [2.45, 2.75) is 19.9 Å². The van der Waals surface area contributed by atoms with Gasteiger partial charge in [-0.15, -0.1) is 0 Å². The molecule has 8 heteroatoms. The fourth-order valence-corrected chi connectivity index (χ4v) is 3.30. The van der Waals surface area contributed by atoms with E-state index in [9.17, 15) is 9.59 Å². The van der Waals surface area contributed by atoms with E-state index in [0.717, 1.165) is 31.2 Å². The number of piperidine rings is 1. The highest BCUT2D eigenvalue weighted by atomic mass is 16.5. The third-order valence-corrected chi connectivity index (χ3v) is 4.73. The SMILES string of the molecule is CCOC(=O)c1cn(Cc2cnc(N3CC4CC4C3)nc2C=O)cn1. The fraction of sp³-hybridized carbons (Fsp3) is 0.471. The molecule has 3 heterocycles. The second-order valence-electron chi connectivity index (χ2n) is 6.51. The van der Waals surface area contributed by atoms with Crippen LogP contribution in [0.3, 0.4) is 0 Å². The molecule has 0 bridgehead atoms. The molecule has 4 rings (SSSR count). The molecule has 130 valence electrons. The second kappa shape index (κ2) is 6.27. The Morgan fingerprint density at radius 1 is 1.36 bits per heavy atom. The molecule has 0 N–H and O–H groups in total. The molecule has 2 aromatic heterocycles. The summed E-state index contributed by atoms with van der Waals surface area (Å²) in [5, 5.41) is 0. The van der Waals surface area contributed by atoms with Gasteiger partial charge in [0.1, 0.15) is 5.69 Å². The molecule has 2 atom stereocenters. The first kappa shape index (κ1) is 15.7. The lowest BCUT2D eigenvalue weighted by molar-refractivity contribution is 0.0520. The third-order valence-electron chi connectivity index (χ3n) is 4.73. The number of hydrogen-bond donors (Lipinski definition) is 0. The summed E-state index contributed by atoms with van der Waals surface area (Å²) in [7, 11) is 0. The van der Waals surface area contributed by atoms with Gasteiger partial charge in [0.15, 0.2) is 12.0 Å². The lowest BCUT2D eigenvalue weighted by atomic mass is 10.2. The normalized spacial score (nSPS) is 21.1. The number of aromatic nitrogens is 4. The van der Waals surface area contributed by atoms with Gasteiger partial charge in [-0.25, -0.2) is 19.7 Å². The topological polar surface area (TPSA) is 90.2 Å². The average Bonchev–Trinajstić information content (AvgIpc) is 3.02. The maximum absolute atomic E-state index is 11.7. The maximum Gasteiger partial charge on any atom is 0.358 e. The van der Waals surface area contributed by atoms with Gasteiger partial charge in [-0.1, -0.05) is 0 Å². The van der Waals surface area contributed by atoms with E-state index in [4.69, 9.17) is 4.74 Å². The van der Waals surface area contributed by atoms with Gasteiger partial charge in [0.25, 0.3) is 0 Å². The first-order chi connectivity index (χ1) is 12.2. The molecule has 2 aliphatic rings. The van der Waals surface area contributed by atoms with Crippen molar-refractivity contribution < 1.29 is 14.3 Å². The van der Waals surface area contributed by atoms with Crippen molar-refractivity contribution in [2.24, 2.45) is 11.8 Å². The van der Waals surface area contributed by atoms with Crippen LogP contribution in [0.25, 0.3) is 0 Å². The highest BCUT2D eigenvalue weighted by Crippen LogP contribution is 2.45. The number of hydrogen-bond acceptors (Lipinski definition) is 7. The van der Waals surface area contributed by atoms with Gasteiger partial charge in [-0.3, -0.25) is 4.79 Å². The number of fused-ring (bicyclic) bond motifs is 1. The molecule has 2 unspecified atom stereocenters. The Morgan fingerprint density at radius 3 is 2.88 bits per heavy atom. The third kappa shape index (κ3) is 3.11. The maximum atomic E-state index is 11.7. The van der Waals surface area contributed by atoms with Gasteiger partial charge >= 0.3 is 5.97 Å². The molecular weight excluding hydrogens is 322 g/mol. The molecule has 8 nitrogen and oxygen atoms in total. The minimum Gasteiger partial charge on any atom is -0.461 e. The average molecular weight is 341 g/mol. The molecule has 1 saturated heterocycles. The number of anilines is 1. The monoisotopic (exact) mass is 341 g/mol. The molecule has 25 heavy (non-hydrogen) atoms. The summed E-state index contributed by atoms with van der Waals surface area (Å²) in [6.07, 6.45) is 6.86. The van der Waals surface area contributed by atoms with Crippen molar-refractivity contribution >= 4 is 18.2 Å². The molecule has 1 saturated carbocycles. The van der Waals surface area contributed by atoms with E-state index in [0.29, 0.717) is 30.4 Å². The van der Waals surface area contributed by atoms with Crippen molar-refractivity contribution in [1.82, 2.24) is 19.5 Å². The molecule has 0 aromatic carbocycles. The Balaban J connectivity index is 1.50. The summed E-state index contributed by atoms with van der Waals surface area (Å²) in [6, 6.07) is 0. The van der Waals surface area contributed by atoms with E-state index in [2.05, 4.69) is 19.9 Å². The van der Waals surface area contributed by atoms with Crippen molar-refractivity contribution in [3.05, 3.63) is 35.7 Å². The van der Waals surface area contributed by atoms with Crippen LogP contribution in [0, 0.1) is 11.8 Å². The highest BCUT2D eigenvalue weighted by Gasteiger charge is 2.45. The van der Waals surface area contributed by atoms with Crippen LogP contribution in [0.1, 0.15) is 39.9 Å². The van der Waals surface area contributed by atoms with Gasteiger partial charge in [0.2, 0.25) is 5.95 Å². The van der Waals surface area contributed by atoms with Gasteiger partial charge in [-0.2, -0.15) is 0 Å². The van der Waals surface area contributed by atoms with E-state index < -0.39 is 5.97 Å². The number of nitrogens with zero attached hydrogens (tertiary/aromatic N) is 5. The molecule has 0 amide bonds. The first-order valence-corrected chi connectivity index (χ1v) is 8.43. The zero-order valence-corrected chi connectivity index (χ0v) is 14.0. The molecule has 1 aliphatic heterocycles. The van der Waals surface area contributed by atoms with Crippen LogP contribution in [0.5, 0.6) is 0 Å². The summed E-state index contributed by atoms with van der Waals surface area (Å²) < 4.78 is 6.63. The highest BCUT2D eigenvalue weighted by molar-refractivity contribution is 5.86. The van der Waals surface area contributed by atoms with E-state index in [1.807, 2.05) is 0 Å². The van der Waals surface area contributed by atoms with E-state index in [-0.39, 0.29) is 5.69 Å². The Hall–Kier alpha value is -2.77. The number of carbonyl (C=O) groups excluding carboxylic acids is 2. The van der Waals surface area contributed by atoms with Crippen LogP contribution in [0.4, 0.5) is 5.95 Å².